The topological polar surface area (TPSA) is 49.3 Å². The van der Waals surface area contributed by atoms with Crippen molar-refractivity contribution in [2.45, 2.75) is 0 Å². The van der Waals surface area contributed by atoms with Gasteiger partial charge in [0.25, 0.3) is 0 Å². The molecular weight excluding hydrogens is 116 g/mol. The normalized spacial score (nSPS) is 12.1. The van der Waals surface area contributed by atoms with E-state index in [4.69, 9.17) is 5.11 Å². The van der Waals surface area contributed by atoms with E-state index in [0.717, 1.165) is 0 Å². The Hall–Kier alpha value is -0.860. The first-order chi connectivity index (χ1) is 4.09. The minimum atomic E-state index is -0.241. The summed E-state index contributed by atoms with van der Waals surface area (Å²) in [6.07, 6.45) is 0. The molecule has 0 aliphatic heterocycles. The molecule has 0 unspecified atom stereocenters. The van der Waals surface area contributed by atoms with E-state index in [9.17, 15) is 4.79 Å². The molecule has 48 valence electrons. The van der Waals surface area contributed by atoms with Crippen LogP contribution in [0.4, 0.5) is 0 Å². The van der Waals surface area contributed by atoms with E-state index in [1.54, 1.807) is 7.85 Å². The Kier molecular flexibility index (Phi) is 2.91. The first-order valence-electron chi connectivity index (χ1n) is 2.68. The summed E-state index contributed by atoms with van der Waals surface area (Å²) >= 11 is 0. The van der Waals surface area contributed by atoms with Gasteiger partial charge in [0.1, 0.15) is 7.85 Å². The fraction of sp³-hybridized carbons (Fsp3) is 0.250. The summed E-state index contributed by atoms with van der Waals surface area (Å²) in [5, 5.41) is 11.1. The summed E-state index contributed by atoms with van der Waals surface area (Å²) < 4.78 is 0. The fourth-order valence-corrected chi connectivity index (χ4v) is 0.352. The summed E-state index contributed by atoms with van der Waals surface area (Å²) in [7, 11) is 4.56. The lowest BCUT2D eigenvalue weighted by molar-refractivity contribution is -0.116. The number of carbonyl (C=O) groups is 1. The third-order valence-electron chi connectivity index (χ3n) is 1.11. The van der Waals surface area contributed by atoms with Gasteiger partial charge in [0.05, 0.1) is 0 Å². The molecule has 0 aliphatic rings. The Morgan fingerprint density at radius 2 is 2.00 bits per heavy atom. The molecule has 0 spiro atoms. The number of carbonyl (C=O) groups excluding carboxylic acids is 1. The Balaban J connectivity index is 4.21. The SMILES string of the molecule is B/C(O)=C(/B)C(=O)NC. The summed E-state index contributed by atoms with van der Waals surface area (Å²) in [4.78, 5) is 10.6. The van der Waals surface area contributed by atoms with E-state index >= 15 is 0 Å². The van der Waals surface area contributed by atoms with Crippen LogP contribution in [0.15, 0.2) is 11.1 Å². The highest BCUT2D eigenvalue weighted by Gasteiger charge is 2.01. The maximum Gasteiger partial charge on any atom is 0.239 e. The Morgan fingerprint density at radius 1 is 1.56 bits per heavy atom. The molecule has 0 radical (unpaired) electrons. The zero-order valence-electron chi connectivity index (χ0n) is 5.86. The molecule has 1 amide bonds. The predicted molar refractivity (Wildman–Crippen MR) is 40.8 cm³/mol. The van der Waals surface area contributed by atoms with Gasteiger partial charge in [-0.05, 0) is 0 Å². The van der Waals surface area contributed by atoms with E-state index in [-0.39, 0.29) is 11.6 Å². The van der Waals surface area contributed by atoms with Gasteiger partial charge < -0.3 is 10.4 Å². The number of hydrogen-bond donors (Lipinski definition) is 2. The van der Waals surface area contributed by atoms with Crippen LogP contribution in [0.5, 0.6) is 0 Å². The van der Waals surface area contributed by atoms with E-state index in [1.165, 1.54) is 14.9 Å². The highest BCUT2D eigenvalue weighted by Crippen LogP contribution is 1.89. The summed E-state index contributed by atoms with van der Waals surface area (Å²) in [6.45, 7) is 0. The third kappa shape index (κ3) is 2.26. The molecular formula is C4H9B2NO2. The van der Waals surface area contributed by atoms with E-state index in [1.807, 2.05) is 0 Å². The van der Waals surface area contributed by atoms with E-state index in [0.29, 0.717) is 5.47 Å². The van der Waals surface area contributed by atoms with Crippen molar-refractivity contribution in [1.82, 2.24) is 5.32 Å². The molecule has 0 saturated carbocycles. The first-order valence-corrected chi connectivity index (χ1v) is 2.68. The minimum Gasteiger partial charge on any atom is -0.524 e. The van der Waals surface area contributed by atoms with Crippen molar-refractivity contribution >= 4 is 21.6 Å². The van der Waals surface area contributed by atoms with Crippen LogP contribution in [0.2, 0.25) is 0 Å². The molecule has 0 bridgehead atoms. The van der Waals surface area contributed by atoms with Gasteiger partial charge in [-0.3, -0.25) is 4.79 Å². The van der Waals surface area contributed by atoms with Crippen molar-refractivity contribution < 1.29 is 9.90 Å². The van der Waals surface area contributed by atoms with Crippen molar-refractivity contribution in [3.05, 3.63) is 11.1 Å². The minimum absolute atomic E-state index is 0.0642. The second-order valence-electron chi connectivity index (χ2n) is 1.79. The molecule has 0 saturated heterocycles. The van der Waals surface area contributed by atoms with Crippen LogP contribution >= 0.6 is 0 Å². The molecule has 0 aromatic carbocycles. The summed E-state index contributed by atoms with van der Waals surface area (Å²) in [5.41, 5.74) is 0.423. The van der Waals surface area contributed by atoms with Gasteiger partial charge in [-0.2, -0.15) is 0 Å². The number of aliphatic hydroxyl groups is 1. The molecule has 0 rings (SSSR count). The van der Waals surface area contributed by atoms with Crippen LogP contribution < -0.4 is 5.32 Å². The average Bonchev–Trinajstić information content (AvgIpc) is 1.84. The van der Waals surface area contributed by atoms with Gasteiger partial charge in [-0.15, -0.1) is 0 Å². The zero-order chi connectivity index (χ0) is 7.44. The number of nitrogens with one attached hydrogen (secondary N) is 1. The smallest absolute Gasteiger partial charge is 0.239 e. The van der Waals surface area contributed by atoms with Crippen molar-refractivity contribution in [1.29, 1.82) is 0 Å². The Bertz CT molecular complexity index is 151. The van der Waals surface area contributed by atoms with Crippen LogP contribution in [0, 0.1) is 0 Å². The molecule has 0 aliphatic carbocycles. The van der Waals surface area contributed by atoms with Crippen molar-refractivity contribution in [2.24, 2.45) is 0 Å². The van der Waals surface area contributed by atoms with E-state index < -0.39 is 0 Å². The molecule has 3 nitrogen and oxygen atoms in total. The molecule has 0 atom stereocenters. The van der Waals surface area contributed by atoms with Gasteiger partial charge in [0.15, 0.2) is 7.85 Å². The lowest BCUT2D eigenvalue weighted by atomic mass is 9.86. The molecule has 0 fully saturated rings. The van der Waals surface area contributed by atoms with Crippen molar-refractivity contribution in [3.63, 3.8) is 0 Å². The monoisotopic (exact) mass is 125 g/mol. The Labute approximate surface area is 56.0 Å². The quantitative estimate of drug-likeness (QED) is 0.235. The second kappa shape index (κ2) is 3.22. The number of amides is 1. The lowest BCUT2D eigenvalue weighted by Crippen LogP contribution is -2.21. The van der Waals surface area contributed by atoms with E-state index in [2.05, 4.69) is 5.32 Å². The number of likely N-dealkylation sites (N-methyl/N-ethyl adjacent to an activating group) is 1. The fourth-order valence-electron chi connectivity index (χ4n) is 0.352. The standard InChI is InChI=1S/C4H9B2NO2/c1-7-4(9)2(5)3(6)8/h8H,5-6H2,1H3,(H,7,9)/b3-2-. The number of aliphatic hydroxyl groups excluding tert-OH is 1. The molecule has 0 aromatic heterocycles. The molecule has 5 heteroatoms. The number of hydrogen-bond acceptors (Lipinski definition) is 2. The molecule has 9 heavy (non-hydrogen) atoms. The third-order valence-corrected chi connectivity index (χ3v) is 1.11. The maximum atomic E-state index is 10.6. The zero-order valence-corrected chi connectivity index (χ0v) is 5.86. The highest BCUT2D eigenvalue weighted by atomic mass is 16.3. The largest absolute Gasteiger partial charge is 0.524 e. The first kappa shape index (κ1) is 8.14. The lowest BCUT2D eigenvalue weighted by Gasteiger charge is -1.99. The summed E-state index contributed by atoms with van der Waals surface area (Å²) in [6, 6.07) is 0. The van der Waals surface area contributed by atoms with Gasteiger partial charge in [-0.1, -0.05) is 0 Å². The summed E-state index contributed by atoms with van der Waals surface area (Å²) in [5.74, 6) is -0.241. The van der Waals surface area contributed by atoms with Crippen LogP contribution in [-0.4, -0.2) is 33.8 Å². The van der Waals surface area contributed by atoms with Gasteiger partial charge >= 0.3 is 0 Å². The van der Waals surface area contributed by atoms with Crippen LogP contribution in [0.1, 0.15) is 0 Å². The second-order valence-corrected chi connectivity index (χ2v) is 1.79. The van der Waals surface area contributed by atoms with Gasteiger partial charge in [0.2, 0.25) is 5.91 Å². The van der Waals surface area contributed by atoms with Crippen LogP contribution in [0.3, 0.4) is 0 Å². The van der Waals surface area contributed by atoms with Crippen molar-refractivity contribution in [3.8, 4) is 0 Å². The average molecular weight is 125 g/mol. The predicted octanol–water partition coefficient (Wildman–Crippen LogP) is -2.27. The van der Waals surface area contributed by atoms with Crippen molar-refractivity contribution in [2.75, 3.05) is 7.05 Å². The Morgan fingerprint density at radius 3 is 2.11 bits per heavy atom. The number of rotatable bonds is 1. The van der Waals surface area contributed by atoms with Crippen LogP contribution in [0.25, 0.3) is 0 Å². The molecule has 0 heterocycles. The van der Waals surface area contributed by atoms with Gasteiger partial charge in [-0.25, -0.2) is 0 Å². The molecule has 2 N–H and O–H groups in total. The van der Waals surface area contributed by atoms with Crippen LogP contribution in [-0.2, 0) is 4.79 Å². The maximum absolute atomic E-state index is 10.6. The highest BCUT2D eigenvalue weighted by molar-refractivity contribution is 6.41. The molecule has 0 aromatic rings. The van der Waals surface area contributed by atoms with Gasteiger partial charge in [0, 0.05) is 18.2 Å².